The zero-order chi connectivity index (χ0) is 12.4. The summed E-state index contributed by atoms with van der Waals surface area (Å²) in [7, 11) is 0. The quantitative estimate of drug-likeness (QED) is 0.775. The van der Waals surface area contributed by atoms with Crippen LogP contribution in [-0.2, 0) is 6.42 Å². The van der Waals surface area contributed by atoms with Crippen molar-refractivity contribution in [2.24, 2.45) is 0 Å². The number of para-hydroxylation sites is 1. The van der Waals surface area contributed by atoms with Crippen LogP contribution in [0.5, 0.6) is 0 Å². The number of hydrogen-bond acceptors (Lipinski definition) is 2. The van der Waals surface area contributed by atoms with Crippen molar-refractivity contribution in [1.29, 1.82) is 0 Å². The zero-order valence-electron chi connectivity index (χ0n) is 10.6. The van der Waals surface area contributed by atoms with Crippen LogP contribution in [0.4, 0.5) is 0 Å². The molecule has 0 unspecified atom stereocenters. The summed E-state index contributed by atoms with van der Waals surface area (Å²) in [5, 5.41) is 15.1. The molecule has 1 aromatic heterocycles. The first kappa shape index (κ1) is 11.8. The molecule has 1 saturated heterocycles. The molecule has 0 amide bonds. The minimum Gasteiger partial charge on any atom is -0.390 e. The van der Waals surface area contributed by atoms with Crippen molar-refractivity contribution in [3.05, 3.63) is 36.0 Å². The number of aromatic amines is 1. The molecule has 3 rings (SSSR count). The lowest BCUT2D eigenvalue weighted by Crippen LogP contribution is -2.42. The maximum absolute atomic E-state index is 10.5. The highest BCUT2D eigenvalue weighted by Gasteiger charge is 2.28. The predicted molar refractivity (Wildman–Crippen MR) is 73.7 cm³/mol. The zero-order valence-corrected chi connectivity index (χ0v) is 10.6. The molecule has 3 nitrogen and oxygen atoms in total. The Morgan fingerprint density at radius 2 is 1.94 bits per heavy atom. The van der Waals surface area contributed by atoms with Gasteiger partial charge < -0.3 is 15.4 Å². The van der Waals surface area contributed by atoms with E-state index in [9.17, 15) is 5.11 Å². The van der Waals surface area contributed by atoms with Gasteiger partial charge in [-0.05, 0) is 50.4 Å². The van der Waals surface area contributed by atoms with E-state index in [1.165, 1.54) is 16.5 Å². The SMILES string of the molecule is OC1(CCc2c[nH]c3ccccc23)CCNCC1. The number of benzene rings is 1. The van der Waals surface area contributed by atoms with Crippen LogP contribution in [-0.4, -0.2) is 28.8 Å². The second kappa shape index (κ2) is 4.75. The van der Waals surface area contributed by atoms with Crippen molar-refractivity contribution in [3.63, 3.8) is 0 Å². The normalized spacial score (nSPS) is 19.2. The number of aryl methyl sites for hydroxylation is 1. The van der Waals surface area contributed by atoms with Gasteiger partial charge in [0.05, 0.1) is 5.60 Å². The van der Waals surface area contributed by atoms with Gasteiger partial charge in [-0.15, -0.1) is 0 Å². The molecular formula is C15H20N2O. The summed E-state index contributed by atoms with van der Waals surface area (Å²) in [4.78, 5) is 3.29. The molecule has 96 valence electrons. The summed E-state index contributed by atoms with van der Waals surface area (Å²) in [6.07, 6.45) is 5.62. The highest BCUT2D eigenvalue weighted by molar-refractivity contribution is 5.82. The van der Waals surface area contributed by atoms with Crippen molar-refractivity contribution in [2.75, 3.05) is 13.1 Å². The number of fused-ring (bicyclic) bond motifs is 1. The number of aromatic nitrogens is 1. The molecule has 3 heteroatoms. The second-order valence-electron chi connectivity index (χ2n) is 5.33. The average molecular weight is 244 g/mol. The highest BCUT2D eigenvalue weighted by atomic mass is 16.3. The summed E-state index contributed by atoms with van der Waals surface area (Å²) in [6, 6.07) is 8.35. The standard InChI is InChI=1S/C15H20N2O/c18-15(7-9-16-10-8-15)6-5-12-11-17-14-4-2-1-3-13(12)14/h1-4,11,16-18H,5-10H2. The van der Waals surface area contributed by atoms with Crippen LogP contribution in [0.25, 0.3) is 10.9 Å². The third-order valence-electron chi connectivity index (χ3n) is 4.07. The van der Waals surface area contributed by atoms with Gasteiger partial charge in [0.2, 0.25) is 0 Å². The molecule has 0 saturated carbocycles. The van der Waals surface area contributed by atoms with Gasteiger partial charge in [0.1, 0.15) is 0 Å². The maximum atomic E-state index is 10.5. The fourth-order valence-corrected chi connectivity index (χ4v) is 2.85. The molecule has 1 aliphatic heterocycles. The Morgan fingerprint density at radius 1 is 1.17 bits per heavy atom. The maximum Gasteiger partial charge on any atom is 0.0675 e. The fourth-order valence-electron chi connectivity index (χ4n) is 2.85. The van der Waals surface area contributed by atoms with Gasteiger partial charge in [0.15, 0.2) is 0 Å². The second-order valence-corrected chi connectivity index (χ2v) is 5.33. The number of aliphatic hydroxyl groups is 1. The molecule has 1 aromatic carbocycles. The van der Waals surface area contributed by atoms with Gasteiger partial charge >= 0.3 is 0 Å². The number of rotatable bonds is 3. The summed E-state index contributed by atoms with van der Waals surface area (Å²) in [5.74, 6) is 0. The average Bonchev–Trinajstić information content (AvgIpc) is 2.81. The van der Waals surface area contributed by atoms with Crippen LogP contribution in [0.2, 0.25) is 0 Å². The lowest BCUT2D eigenvalue weighted by atomic mass is 9.86. The molecule has 1 fully saturated rings. The third kappa shape index (κ3) is 2.28. The number of nitrogens with one attached hydrogen (secondary N) is 2. The molecule has 18 heavy (non-hydrogen) atoms. The van der Waals surface area contributed by atoms with Crippen LogP contribution in [0.3, 0.4) is 0 Å². The summed E-state index contributed by atoms with van der Waals surface area (Å²) in [6.45, 7) is 1.87. The fraction of sp³-hybridized carbons (Fsp3) is 0.467. The van der Waals surface area contributed by atoms with Crippen LogP contribution in [0.1, 0.15) is 24.8 Å². The lowest BCUT2D eigenvalue weighted by Gasteiger charge is -2.32. The van der Waals surface area contributed by atoms with Gasteiger partial charge in [-0.25, -0.2) is 0 Å². The van der Waals surface area contributed by atoms with Gasteiger partial charge in [0.25, 0.3) is 0 Å². The van der Waals surface area contributed by atoms with E-state index in [0.717, 1.165) is 38.8 Å². The molecule has 2 heterocycles. The smallest absolute Gasteiger partial charge is 0.0675 e. The first-order chi connectivity index (χ1) is 8.77. The van der Waals surface area contributed by atoms with Crippen molar-refractivity contribution in [3.8, 4) is 0 Å². The largest absolute Gasteiger partial charge is 0.390 e. The minimum absolute atomic E-state index is 0.469. The summed E-state index contributed by atoms with van der Waals surface area (Å²) < 4.78 is 0. The van der Waals surface area contributed by atoms with E-state index in [-0.39, 0.29) is 0 Å². The first-order valence-electron chi connectivity index (χ1n) is 6.75. The molecule has 3 N–H and O–H groups in total. The van der Waals surface area contributed by atoms with Gasteiger partial charge in [-0.2, -0.15) is 0 Å². The first-order valence-corrected chi connectivity index (χ1v) is 6.75. The number of H-pyrrole nitrogens is 1. The highest BCUT2D eigenvalue weighted by Crippen LogP contribution is 2.26. The minimum atomic E-state index is -0.469. The van der Waals surface area contributed by atoms with E-state index in [1.54, 1.807) is 0 Å². The van der Waals surface area contributed by atoms with E-state index < -0.39 is 5.60 Å². The van der Waals surface area contributed by atoms with Crippen LogP contribution in [0, 0.1) is 0 Å². The van der Waals surface area contributed by atoms with Crippen molar-refractivity contribution >= 4 is 10.9 Å². The van der Waals surface area contributed by atoms with E-state index in [0.29, 0.717) is 0 Å². The van der Waals surface area contributed by atoms with Crippen LogP contribution in [0.15, 0.2) is 30.5 Å². The van der Waals surface area contributed by atoms with Crippen molar-refractivity contribution < 1.29 is 5.11 Å². The molecule has 0 spiro atoms. The monoisotopic (exact) mass is 244 g/mol. The topological polar surface area (TPSA) is 48.0 Å². The van der Waals surface area contributed by atoms with E-state index in [4.69, 9.17) is 0 Å². The predicted octanol–water partition coefficient (Wildman–Crippen LogP) is 2.21. The molecule has 0 bridgehead atoms. The number of hydrogen-bond donors (Lipinski definition) is 3. The molecule has 1 aliphatic rings. The molecule has 0 aliphatic carbocycles. The van der Waals surface area contributed by atoms with E-state index in [2.05, 4.69) is 34.7 Å². The molecular weight excluding hydrogens is 224 g/mol. The molecule has 2 aromatic rings. The van der Waals surface area contributed by atoms with Crippen LogP contribution < -0.4 is 5.32 Å². The van der Waals surface area contributed by atoms with Crippen molar-refractivity contribution in [2.45, 2.75) is 31.3 Å². The Labute approximate surface area is 107 Å². The van der Waals surface area contributed by atoms with E-state index in [1.807, 2.05) is 6.07 Å². The van der Waals surface area contributed by atoms with Gasteiger partial charge in [-0.1, -0.05) is 18.2 Å². The number of piperidine rings is 1. The molecule has 0 atom stereocenters. The molecule has 0 radical (unpaired) electrons. The van der Waals surface area contributed by atoms with E-state index >= 15 is 0 Å². The Balaban J connectivity index is 1.73. The third-order valence-corrected chi connectivity index (χ3v) is 4.07. The van der Waals surface area contributed by atoms with Gasteiger partial charge in [0, 0.05) is 17.1 Å². The lowest BCUT2D eigenvalue weighted by molar-refractivity contribution is 0.00289. The van der Waals surface area contributed by atoms with Crippen LogP contribution >= 0.6 is 0 Å². The van der Waals surface area contributed by atoms with Crippen molar-refractivity contribution in [1.82, 2.24) is 10.3 Å². The summed E-state index contributed by atoms with van der Waals surface area (Å²) in [5.41, 5.74) is 2.03. The Morgan fingerprint density at radius 3 is 2.78 bits per heavy atom. The Kier molecular flexibility index (Phi) is 3.10. The Bertz CT molecular complexity index is 526. The summed E-state index contributed by atoms with van der Waals surface area (Å²) >= 11 is 0. The Hall–Kier alpha value is -1.32. The van der Waals surface area contributed by atoms with Gasteiger partial charge in [-0.3, -0.25) is 0 Å².